The van der Waals surface area contributed by atoms with Crippen molar-refractivity contribution >= 4 is 11.1 Å². The Kier molecular flexibility index (Phi) is 3.59. The van der Waals surface area contributed by atoms with Gasteiger partial charge >= 0.3 is 5.25 Å². The Morgan fingerprint density at radius 2 is 1.94 bits per heavy atom. The summed E-state index contributed by atoms with van der Waals surface area (Å²) in [5, 5.41) is 7.63. The van der Waals surface area contributed by atoms with E-state index < -0.39 is 28.7 Å². The average Bonchev–Trinajstić information content (AvgIpc) is 2.77. The first-order valence-corrected chi connectivity index (χ1v) is 6.79. The Morgan fingerprint density at radius 3 is 2.41 bits per heavy atom. The zero-order chi connectivity index (χ0) is 12.7. The Labute approximate surface area is 98.0 Å². The van der Waals surface area contributed by atoms with Crippen LogP contribution in [0.5, 0.6) is 0 Å². The summed E-state index contributed by atoms with van der Waals surface area (Å²) in [4.78, 5) is 0. The summed E-state index contributed by atoms with van der Waals surface area (Å²) in [5.74, 6) is 0.132. The summed E-state index contributed by atoms with van der Waals surface area (Å²) in [6, 6.07) is 0. The van der Waals surface area contributed by atoms with Gasteiger partial charge in [-0.05, 0) is 37.0 Å². The van der Waals surface area contributed by atoms with Crippen LogP contribution in [0.3, 0.4) is 0 Å². The van der Waals surface area contributed by atoms with Gasteiger partial charge in [-0.2, -0.15) is 8.78 Å². The smallest absolute Gasteiger partial charge is 0.353 e. The number of hydrogen-bond acceptors (Lipinski definition) is 3. The molecule has 0 aliphatic heterocycles. The standard InChI is InChI=1S/C9H14F4O3S/c10-9(11,17(12,13)16-15-14)5-8-4-6-1-2-7(8)3-6/h6-8,14H,1-5H2/p-1. The van der Waals surface area contributed by atoms with Gasteiger partial charge in [0, 0.05) is 6.42 Å². The first kappa shape index (κ1) is 13.4. The van der Waals surface area contributed by atoms with Gasteiger partial charge in [0.1, 0.15) is 0 Å². The van der Waals surface area contributed by atoms with Gasteiger partial charge in [-0.1, -0.05) is 6.42 Å². The quantitative estimate of drug-likeness (QED) is 0.440. The third kappa shape index (κ3) is 2.54. The Morgan fingerprint density at radius 1 is 1.24 bits per heavy atom. The van der Waals surface area contributed by atoms with E-state index in [4.69, 9.17) is 0 Å². The van der Waals surface area contributed by atoms with Crippen LogP contribution >= 0.6 is 11.1 Å². The predicted octanol–water partition coefficient (Wildman–Crippen LogP) is 3.12. The zero-order valence-corrected chi connectivity index (χ0v) is 9.73. The summed E-state index contributed by atoms with van der Waals surface area (Å²) in [7, 11) is 0. The summed E-state index contributed by atoms with van der Waals surface area (Å²) in [5.41, 5.74) is 0. The number of hydrogen-bond donors (Lipinski definition) is 0. The molecule has 102 valence electrons. The normalized spacial score (nSPS) is 34.3. The van der Waals surface area contributed by atoms with Gasteiger partial charge in [0.2, 0.25) is 0 Å². The topological polar surface area (TPSA) is 41.5 Å². The molecule has 0 aromatic heterocycles. The van der Waals surface area contributed by atoms with Crippen molar-refractivity contribution in [2.24, 2.45) is 17.8 Å². The fourth-order valence-electron chi connectivity index (χ4n) is 3.11. The Bertz CT molecular complexity index is 289. The molecule has 0 aromatic carbocycles. The van der Waals surface area contributed by atoms with Gasteiger partial charge in [0.05, 0.1) is 0 Å². The van der Waals surface area contributed by atoms with Crippen LogP contribution in [0, 0.1) is 17.8 Å². The molecule has 2 aliphatic rings. The summed E-state index contributed by atoms with van der Waals surface area (Å²) in [6.07, 6.45) is 2.37. The van der Waals surface area contributed by atoms with Gasteiger partial charge in [-0.25, -0.2) is 0 Å². The van der Waals surface area contributed by atoms with Gasteiger partial charge in [0.25, 0.3) is 11.1 Å². The molecule has 2 bridgehead atoms. The van der Waals surface area contributed by atoms with E-state index in [-0.39, 0.29) is 5.92 Å². The highest BCUT2D eigenvalue weighted by molar-refractivity contribution is 8.22. The molecule has 0 N–H and O–H groups in total. The van der Waals surface area contributed by atoms with Gasteiger partial charge in [-0.3, -0.25) is 5.04 Å². The minimum atomic E-state index is -5.78. The number of rotatable bonds is 5. The van der Waals surface area contributed by atoms with Crippen molar-refractivity contribution < 1.29 is 31.2 Å². The molecule has 0 aromatic rings. The lowest BCUT2D eigenvalue weighted by Gasteiger charge is -2.32. The van der Waals surface area contributed by atoms with Gasteiger partial charge in [0.15, 0.2) is 0 Å². The van der Waals surface area contributed by atoms with Crippen molar-refractivity contribution in [2.45, 2.75) is 37.4 Å². The predicted molar refractivity (Wildman–Crippen MR) is 50.5 cm³/mol. The van der Waals surface area contributed by atoms with Crippen molar-refractivity contribution in [2.75, 3.05) is 0 Å². The second-order valence-corrected chi connectivity index (χ2v) is 6.41. The minimum Gasteiger partial charge on any atom is -0.691 e. The van der Waals surface area contributed by atoms with Crippen molar-refractivity contribution in [1.29, 1.82) is 0 Å². The van der Waals surface area contributed by atoms with Crippen LogP contribution in [0.15, 0.2) is 0 Å². The van der Waals surface area contributed by atoms with Crippen molar-refractivity contribution in [1.82, 2.24) is 0 Å². The lowest BCUT2D eigenvalue weighted by molar-refractivity contribution is -0.779. The van der Waals surface area contributed by atoms with E-state index >= 15 is 0 Å². The molecule has 0 heterocycles. The average molecular weight is 277 g/mol. The lowest BCUT2D eigenvalue weighted by Crippen LogP contribution is -2.28. The van der Waals surface area contributed by atoms with E-state index in [2.05, 4.69) is 9.37 Å². The third-order valence-electron chi connectivity index (χ3n) is 3.85. The lowest BCUT2D eigenvalue weighted by atomic mass is 9.86. The van der Waals surface area contributed by atoms with Crippen LogP contribution in [0.25, 0.3) is 0 Å². The second-order valence-electron chi connectivity index (χ2n) is 4.83. The van der Waals surface area contributed by atoms with Crippen LogP contribution in [-0.4, -0.2) is 5.25 Å². The molecule has 2 fully saturated rings. The maximum absolute atomic E-state index is 13.3. The van der Waals surface area contributed by atoms with E-state index in [0.717, 1.165) is 19.3 Å². The van der Waals surface area contributed by atoms with Crippen molar-refractivity contribution in [3.63, 3.8) is 0 Å². The largest absolute Gasteiger partial charge is 0.691 e. The second kappa shape index (κ2) is 4.56. The molecule has 0 saturated heterocycles. The van der Waals surface area contributed by atoms with Crippen LogP contribution in [0.4, 0.5) is 16.6 Å². The van der Waals surface area contributed by atoms with Gasteiger partial charge in [-0.15, -0.1) is 12.1 Å². The molecule has 2 saturated carbocycles. The van der Waals surface area contributed by atoms with E-state index in [1.807, 2.05) is 0 Å². The van der Waals surface area contributed by atoms with Crippen molar-refractivity contribution in [3.05, 3.63) is 0 Å². The SMILES string of the molecule is [O-]OOS(F)(F)C(F)(F)CC1CC2CCC1C2. The summed E-state index contributed by atoms with van der Waals surface area (Å²) in [6.45, 7) is 0. The van der Waals surface area contributed by atoms with Crippen LogP contribution < -0.4 is 5.26 Å². The molecular weight excluding hydrogens is 264 g/mol. The number of halogens is 4. The molecule has 8 heteroatoms. The van der Waals surface area contributed by atoms with E-state index in [1.165, 1.54) is 0 Å². The maximum atomic E-state index is 13.3. The minimum absolute atomic E-state index is 0.120. The first-order chi connectivity index (χ1) is 7.86. The van der Waals surface area contributed by atoms with Crippen molar-refractivity contribution in [3.8, 4) is 0 Å². The van der Waals surface area contributed by atoms with Crippen LogP contribution in [0.2, 0.25) is 0 Å². The number of fused-ring (bicyclic) bond motifs is 2. The Hall–Kier alpha value is -0.0500. The maximum Gasteiger partial charge on any atom is 0.353 e. The molecule has 0 spiro atoms. The molecule has 0 radical (unpaired) electrons. The van der Waals surface area contributed by atoms with E-state index in [0.29, 0.717) is 12.3 Å². The molecule has 3 unspecified atom stereocenters. The highest BCUT2D eigenvalue weighted by Gasteiger charge is 2.57. The summed E-state index contributed by atoms with van der Waals surface area (Å²) < 4.78 is 55.3. The summed E-state index contributed by atoms with van der Waals surface area (Å²) >= 11 is -5.78. The Balaban J connectivity index is 1.97. The van der Waals surface area contributed by atoms with Crippen LogP contribution in [-0.2, 0) is 9.37 Å². The monoisotopic (exact) mass is 277 g/mol. The molecule has 3 atom stereocenters. The highest BCUT2D eigenvalue weighted by Crippen LogP contribution is 2.68. The fourth-order valence-corrected chi connectivity index (χ4v) is 3.69. The zero-order valence-electron chi connectivity index (χ0n) is 8.91. The molecule has 17 heavy (non-hydrogen) atoms. The van der Waals surface area contributed by atoms with Crippen LogP contribution in [0.1, 0.15) is 32.1 Å². The van der Waals surface area contributed by atoms with Gasteiger partial charge < -0.3 is 5.26 Å². The fraction of sp³-hybridized carbons (Fsp3) is 1.00. The van der Waals surface area contributed by atoms with E-state index in [9.17, 15) is 21.8 Å². The number of alkyl halides is 2. The molecular formula is C9H13F4O3S-. The molecule has 2 aliphatic carbocycles. The molecule has 3 nitrogen and oxygen atoms in total. The highest BCUT2D eigenvalue weighted by atomic mass is 32.3. The third-order valence-corrected chi connectivity index (χ3v) is 4.93. The first-order valence-electron chi connectivity index (χ1n) is 5.44. The van der Waals surface area contributed by atoms with E-state index in [1.54, 1.807) is 0 Å². The molecule has 0 amide bonds. The molecule has 2 rings (SSSR count).